The molecule has 0 spiro atoms. The first-order valence-corrected chi connectivity index (χ1v) is 10.5. The lowest BCUT2D eigenvalue weighted by atomic mass is 9.89. The minimum absolute atomic E-state index is 0.869. The summed E-state index contributed by atoms with van der Waals surface area (Å²) >= 11 is 1.80. The van der Waals surface area contributed by atoms with Crippen molar-refractivity contribution in [3.8, 4) is 21.6 Å². The van der Waals surface area contributed by atoms with E-state index in [2.05, 4.69) is 64.9 Å². The third kappa shape index (κ3) is 4.40. The second-order valence-electron chi connectivity index (χ2n) is 7.20. The highest BCUT2D eigenvalue weighted by molar-refractivity contribution is 7.15. The summed E-state index contributed by atoms with van der Waals surface area (Å²) in [5.74, 6) is 0.869. The molecule has 3 heteroatoms. The van der Waals surface area contributed by atoms with E-state index in [1.807, 2.05) is 6.20 Å². The molecular formula is C23H26N2S. The lowest BCUT2D eigenvalue weighted by Crippen LogP contribution is -2.24. The summed E-state index contributed by atoms with van der Waals surface area (Å²) in [4.78, 5) is 5.86. The van der Waals surface area contributed by atoms with Crippen LogP contribution >= 0.6 is 11.3 Å². The van der Waals surface area contributed by atoms with Crippen LogP contribution < -0.4 is 5.32 Å². The standard InChI is InChI=1S/C23H26N2S/c1-3-7-18(8-4-1)15-24-17-23-25-16-22(26-23)21-13-11-20(12-14-21)19-9-5-2-6-10-19/h2,5-6,9-14,16,18,24H,1,3-4,7-8,15,17H2. The average molecular weight is 363 g/mol. The average Bonchev–Trinajstić information content (AvgIpc) is 3.19. The Hall–Kier alpha value is -1.97. The highest BCUT2D eigenvalue weighted by atomic mass is 32.1. The summed E-state index contributed by atoms with van der Waals surface area (Å²) in [7, 11) is 0. The molecule has 2 aromatic carbocycles. The molecule has 0 aliphatic heterocycles. The molecule has 1 aliphatic carbocycles. The van der Waals surface area contributed by atoms with Gasteiger partial charge in [-0.25, -0.2) is 4.98 Å². The van der Waals surface area contributed by atoms with Gasteiger partial charge in [-0.2, -0.15) is 0 Å². The molecule has 134 valence electrons. The van der Waals surface area contributed by atoms with Crippen molar-refractivity contribution < 1.29 is 0 Å². The normalized spacial score (nSPS) is 15.2. The second-order valence-corrected chi connectivity index (χ2v) is 8.31. The van der Waals surface area contributed by atoms with Gasteiger partial charge in [0.2, 0.25) is 0 Å². The Morgan fingerprint density at radius 2 is 1.54 bits per heavy atom. The molecule has 0 amide bonds. The molecule has 0 saturated heterocycles. The van der Waals surface area contributed by atoms with Crippen LogP contribution in [0.1, 0.15) is 37.1 Å². The maximum Gasteiger partial charge on any atom is 0.107 e. The molecule has 0 atom stereocenters. The number of benzene rings is 2. The van der Waals surface area contributed by atoms with E-state index in [0.717, 1.165) is 19.0 Å². The lowest BCUT2D eigenvalue weighted by Gasteiger charge is -2.21. The fraction of sp³-hybridized carbons (Fsp3) is 0.348. The SMILES string of the molecule is c1ccc(-c2ccc(-c3cnc(CNCC4CCCCC4)s3)cc2)cc1. The van der Waals surface area contributed by atoms with Crippen LogP contribution in [0.5, 0.6) is 0 Å². The molecule has 2 nitrogen and oxygen atoms in total. The highest BCUT2D eigenvalue weighted by Crippen LogP contribution is 2.29. The summed E-state index contributed by atoms with van der Waals surface area (Å²) in [6, 6.07) is 19.3. The van der Waals surface area contributed by atoms with Crippen LogP contribution in [0.4, 0.5) is 0 Å². The Labute approximate surface area is 160 Å². The predicted octanol–water partition coefficient (Wildman–Crippen LogP) is 6.15. The van der Waals surface area contributed by atoms with Crippen LogP contribution in [0.15, 0.2) is 60.8 Å². The highest BCUT2D eigenvalue weighted by Gasteiger charge is 2.13. The van der Waals surface area contributed by atoms with Gasteiger partial charge >= 0.3 is 0 Å². The van der Waals surface area contributed by atoms with Gasteiger partial charge in [-0.15, -0.1) is 11.3 Å². The van der Waals surface area contributed by atoms with Crippen LogP contribution in [-0.2, 0) is 6.54 Å². The monoisotopic (exact) mass is 362 g/mol. The van der Waals surface area contributed by atoms with Crippen molar-refractivity contribution in [2.45, 2.75) is 38.6 Å². The largest absolute Gasteiger partial charge is 0.310 e. The summed E-state index contributed by atoms with van der Waals surface area (Å²) < 4.78 is 0. The van der Waals surface area contributed by atoms with E-state index in [9.17, 15) is 0 Å². The molecule has 26 heavy (non-hydrogen) atoms. The van der Waals surface area contributed by atoms with Crippen molar-refractivity contribution in [1.82, 2.24) is 10.3 Å². The molecule has 1 heterocycles. The maximum atomic E-state index is 4.61. The van der Waals surface area contributed by atoms with Crippen LogP contribution in [-0.4, -0.2) is 11.5 Å². The molecule has 0 bridgehead atoms. The van der Waals surface area contributed by atoms with Crippen molar-refractivity contribution in [3.63, 3.8) is 0 Å². The topological polar surface area (TPSA) is 24.9 Å². The summed E-state index contributed by atoms with van der Waals surface area (Å²) in [5, 5.41) is 4.80. The van der Waals surface area contributed by atoms with E-state index in [1.165, 1.54) is 58.7 Å². The van der Waals surface area contributed by atoms with Gasteiger partial charge in [0.05, 0.1) is 4.88 Å². The first-order chi connectivity index (χ1) is 12.9. The fourth-order valence-electron chi connectivity index (χ4n) is 3.76. The zero-order valence-corrected chi connectivity index (χ0v) is 16.0. The van der Waals surface area contributed by atoms with Gasteiger partial charge in [0.15, 0.2) is 0 Å². The molecule has 1 fully saturated rings. The van der Waals surface area contributed by atoms with Crippen LogP contribution in [0.2, 0.25) is 0 Å². The summed E-state index contributed by atoms with van der Waals surface area (Å²) in [6.45, 7) is 2.03. The number of aromatic nitrogens is 1. The quantitative estimate of drug-likeness (QED) is 0.569. The minimum Gasteiger partial charge on any atom is -0.310 e. The van der Waals surface area contributed by atoms with E-state index in [-0.39, 0.29) is 0 Å². The number of rotatable bonds is 6. The van der Waals surface area contributed by atoms with Crippen molar-refractivity contribution in [1.29, 1.82) is 0 Å². The number of nitrogens with one attached hydrogen (secondary N) is 1. The first kappa shape index (κ1) is 17.4. The third-order valence-electron chi connectivity index (χ3n) is 5.26. The number of hydrogen-bond acceptors (Lipinski definition) is 3. The minimum atomic E-state index is 0.869. The zero-order valence-electron chi connectivity index (χ0n) is 15.2. The van der Waals surface area contributed by atoms with E-state index >= 15 is 0 Å². The van der Waals surface area contributed by atoms with E-state index in [0.29, 0.717) is 0 Å². The smallest absolute Gasteiger partial charge is 0.107 e. The molecule has 1 N–H and O–H groups in total. The third-order valence-corrected chi connectivity index (χ3v) is 6.31. The van der Waals surface area contributed by atoms with Crippen LogP contribution in [0.25, 0.3) is 21.6 Å². The molecular weight excluding hydrogens is 336 g/mol. The van der Waals surface area contributed by atoms with Crippen molar-refractivity contribution in [2.75, 3.05) is 6.54 Å². The maximum absolute atomic E-state index is 4.61. The van der Waals surface area contributed by atoms with Gasteiger partial charge in [0, 0.05) is 12.7 Å². The zero-order chi connectivity index (χ0) is 17.6. The van der Waals surface area contributed by atoms with Gasteiger partial charge in [-0.3, -0.25) is 0 Å². The summed E-state index contributed by atoms with van der Waals surface area (Å²) in [6.07, 6.45) is 9.04. The van der Waals surface area contributed by atoms with Gasteiger partial charge in [0.1, 0.15) is 5.01 Å². The van der Waals surface area contributed by atoms with Crippen LogP contribution in [0, 0.1) is 5.92 Å². The van der Waals surface area contributed by atoms with Crippen molar-refractivity contribution >= 4 is 11.3 Å². The van der Waals surface area contributed by atoms with Crippen LogP contribution in [0.3, 0.4) is 0 Å². The molecule has 0 radical (unpaired) electrons. The van der Waals surface area contributed by atoms with E-state index in [4.69, 9.17) is 0 Å². The van der Waals surface area contributed by atoms with Crippen molar-refractivity contribution in [2.24, 2.45) is 5.92 Å². The predicted molar refractivity (Wildman–Crippen MR) is 111 cm³/mol. The molecule has 0 unspecified atom stereocenters. The summed E-state index contributed by atoms with van der Waals surface area (Å²) in [5.41, 5.74) is 3.77. The number of thiazole rings is 1. The second kappa shape index (κ2) is 8.61. The number of nitrogens with zero attached hydrogens (tertiary/aromatic N) is 1. The Kier molecular flexibility index (Phi) is 5.78. The molecule has 4 rings (SSSR count). The van der Waals surface area contributed by atoms with E-state index in [1.54, 1.807) is 11.3 Å². The molecule has 3 aromatic rings. The Morgan fingerprint density at radius 3 is 2.31 bits per heavy atom. The van der Waals surface area contributed by atoms with Gasteiger partial charge in [-0.1, -0.05) is 73.9 Å². The van der Waals surface area contributed by atoms with Gasteiger partial charge in [-0.05, 0) is 42.0 Å². The lowest BCUT2D eigenvalue weighted by molar-refractivity contribution is 0.342. The van der Waals surface area contributed by atoms with Crippen molar-refractivity contribution in [3.05, 3.63) is 65.8 Å². The molecule has 1 aromatic heterocycles. The Balaban J connectivity index is 1.35. The Bertz CT molecular complexity index is 802. The van der Waals surface area contributed by atoms with E-state index < -0.39 is 0 Å². The molecule has 1 aliphatic rings. The molecule has 1 saturated carbocycles. The Morgan fingerprint density at radius 1 is 0.846 bits per heavy atom. The van der Waals surface area contributed by atoms with Gasteiger partial charge < -0.3 is 5.32 Å². The number of hydrogen-bond donors (Lipinski definition) is 1. The van der Waals surface area contributed by atoms with Gasteiger partial charge in [0.25, 0.3) is 0 Å². The fourth-order valence-corrected chi connectivity index (χ4v) is 4.65. The first-order valence-electron chi connectivity index (χ1n) is 9.70.